The molecule has 3 aromatic rings. The van der Waals surface area contributed by atoms with Crippen molar-refractivity contribution in [2.75, 3.05) is 5.32 Å². The number of nitrogens with zero attached hydrogens (tertiary/aromatic N) is 2. The zero-order valence-electron chi connectivity index (χ0n) is 16.7. The van der Waals surface area contributed by atoms with Gasteiger partial charge in [0.2, 0.25) is 15.9 Å². The molecule has 2 aromatic carbocycles. The Morgan fingerprint density at radius 1 is 1.20 bits per heavy atom. The molecule has 10 heteroatoms. The summed E-state index contributed by atoms with van der Waals surface area (Å²) in [4.78, 5) is 28.5. The third kappa shape index (κ3) is 4.72. The Labute approximate surface area is 178 Å². The highest BCUT2D eigenvalue weighted by molar-refractivity contribution is 8.00. The highest BCUT2D eigenvalue weighted by atomic mass is 32.2. The summed E-state index contributed by atoms with van der Waals surface area (Å²) in [5, 5.41) is 8.08. The molecular weight excluding hydrogens is 424 g/mol. The number of sulfonamides is 1. The van der Waals surface area contributed by atoms with E-state index in [0.717, 1.165) is 5.52 Å². The number of ketones is 1. The van der Waals surface area contributed by atoms with Crippen LogP contribution in [0.15, 0.2) is 52.5 Å². The van der Waals surface area contributed by atoms with E-state index >= 15 is 0 Å². The van der Waals surface area contributed by atoms with Crippen molar-refractivity contribution in [1.29, 1.82) is 0 Å². The summed E-state index contributed by atoms with van der Waals surface area (Å²) in [6.45, 7) is 5.78. The molecule has 0 fully saturated rings. The SMILES string of the molecule is CCn1c(S[C@@H](C)C(=O)c2ccc(NC(C)=O)cc2)nc2cc(S(N)(=O)=O)ccc21. The van der Waals surface area contributed by atoms with Crippen molar-refractivity contribution in [3.63, 3.8) is 0 Å². The summed E-state index contributed by atoms with van der Waals surface area (Å²) < 4.78 is 25.2. The number of aromatic nitrogens is 2. The zero-order chi connectivity index (χ0) is 22.1. The first-order valence-electron chi connectivity index (χ1n) is 9.21. The first-order chi connectivity index (χ1) is 14.1. The van der Waals surface area contributed by atoms with Crippen molar-refractivity contribution in [3.8, 4) is 0 Å². The lowest BCUT2D eigenvalue weighted by Gasteiger charge is -2.12. The predicted octanol–water partition coefficient (Wildman–Crippen LogP) is 3.03. The number of benzene rings is 2. The van der Waals surface area contributed by atoms with Crippen molar-refractivity contribution in [2.45, 2.75) is 42.6 Å². The van der Waals surface area contributed by atoms with E-state index in [9.17, 15) is 18.0 Å². The second-order valence-electron chi connectivity index (χ2n) is 6.72. The predicted molar refractivity (Wildman–Crippen MR) is 117 cm³/mol. The Hall–Kier alpha value is -2.69. The molecule has 1 atom stereocenters. The van der Waals surface area contributed by atoms with Crippen LogP contribution in [-0.4, -0.2) is 34.9 Å². The second kappa shape index (κ2) is 8.58. The Morgan fingerprint density at radius 2 is 1.87 bits per heavy atom. The maximum atomic E-state index is 12.8. The van der Waals surface area contributed by atoms with Crippen molar-refractivity contribution in [3.05, 3.63) is 48.0 Å². The van der Waals surface area contributed by atoms with E-state index in [1.54, 1.807) is 37.3 Å². The lowest BCUT2D eigenvalue weighted by molar-refractivity contribution is -0.114. The number of carbonyl (C=O) groups is 2. The number of nitrogens with one attached hydrogen (secondary N) is 1. The third-order valence-corrected chi connectivity index (χ3v) is 6.47. The van der Waals surface area contributed by atoms with E-state index in [4.69, 9.17) is 5.14 Å². The molecule has 0 saturated heterocycles. The van der Waals surface area contributed by atoms with Crippen LogP contribution in [0.25, 0.3) is 11.0 Å². The maximum Gasteiger partial charge on any atom is 0.238 e. The summed E-state index contributed by atoms with van der Waals surface area (Å²) in [5.41, 5.74) is 2.43. The van der Waals surface area contributed by atoms with Crippen LogP contribution < -0.4 is 10.5 Å². The van der Waals surface area contributed by atoms with Gasteiger partial charge in [-0.05, 0) is 56.3 Å². The van der Waals surface area contributed by atoms with Crippen LogP contribution in [0.4, 0.5) is 5.69 Å². The normalized spacial score (nSPS) is 12.7. The van der Waals surface area contributed by atoms with Crippen LogP contribution in [0.5, 0.6) is 0 Å². The standard InChI is InChI=1S/C20H22N4O4S2/c1-4-24-18-10-9-16(30(21,27)28)11-17(18)23-20(24)29-12(2)19(26)14-5-7-15(8-6-14)22-13(3)25/h5-12H,4H2,1-3H3,(H,22,25)(H2,21,27,28)/t12-/m0/s1. The average Bonchev–Trinajstić information content (AvgIpc) is 3.02. The lowest BCUT2D eigenvalue weighted by atomic mass is 10.1. The first kappa shape index (κ1) is 22.0. The van der Waals surface area contributed by atoms with Crippen molar-refractivity contribution in [2.24, 2.45) is 5.14 Å². The highest BCUT2D eigenvalue weighted by Crippen LogP contribution is 2.30. The number of hydrogen-bond acceptors (Lipinski definition) is 6. The molecule has 0 aliphatic carbocycles. The van der Waals surface area contributed by atoms with Crippen molar-refractivity contribution in [1.82, 2.24) is 9.55 Å². The van der Waals surface area contributed by atoms with Gasteiger partial charge in [0.25, 0.3) is 0 Å². The molecule has 1 amide bonds. The second-order valence-corrected chi connectivity index (χ2v) is 9.59. The van der Waals surface area contributed by atoms with Gasteiger partial charge in [-0.25, -0.2) is 18.5 Å². The average molecular weight is 447 g/mol. The van der Waals surface area contributed by atoms with Gasteiger partial charge in [0.05, 0.1) is 21.2 Å². The zero-order valence-corrected chi connectivity index (χ0v) is 18.4. The van der Waals surface area contributed by atoms with Gasteiger partial charge in [0.1, 0.15) is 0 Å². The van der Waals surface area contributed by atoms with E-state index < -0.39 is 15.3 Å². The fourth-order valence-corrected chi connectivity index (χ4v) is 4.63. The number of nitrogens with two attached hydrogens (primary N) is 1. The van der Waals surface area contributed by atoms with Gasteiger partial charge in [-0.15, -0.1) is 0 Å². The number of amides is 1. The summed E-state index contributed by atoms with van der Waals surface area (Å²) in [7, 11) is -3.82. The van der Waals surface area contributed by atoms with E-state index in [0.29, 0.717) is 28.5 Å². The van der Waals surface area contributed by atoms with Crippen molar-refractivity contribution < 1.29 is 18.0 Å². The number of thioether (sulfide) groups is 1. The minimum atomic E-state index is -3.82. The molecule has 0 radical (unpaired) electrons. The molecule has 1 heterocycles. The molecular formula is C20H22N4O4S2. The topological polar surface area (TPSA) is 124 Å². The number of anilines is 1. The van der Waals surface area contributed by atoms with Crippen LogP contribution in [0.2, 0.25) is 0 Å². The van der Waals surface area contributed by atoms with Crippen LogP contribution >= 0.6 is 11.8 Å². The molecule has 0 aliphatic rings. The Bertz CT molecular complexity index is 1220. The summed E-state index contributed by atoms with van der Waals surface area (Å²) in [6, 6.07) is 11.3. The van der Waals surface area contributed by atoms with Crippen LogP contribution in [0.3, 0.4) is 0 Å². The summed E-state index contributed by atoms with van der Waals surface area (Å²) >= 11 is 1.30. The smallest absolute Gasteiger partial charge is 0.238 e. The summed E-state index contributed by atoms with van der Waals surface area (Å²) in [6.07, 6.45) is 0. The minimum absolute atomic E-state index is 0.00399. The molecule has 8 nitrogen and oxygen atoms in total. The molecule has 0 unspecified atom stereocenters. The monoisotopic (exact) mass is 446 g/mol. The number of rotatable bonds is 7. The molecule has 0 spiro atoms. The molecule has 0 bridgehead atoms. The van der Waals surface area contributed by atoms with Gasteiger partial charge >= 0.3 is 0 Å². The quantitative estimate of drug-likeness (QED) is 0.425. The number of imidazole rings is 1. The number of carbonyl (C=O) groups excluding carboxylic acids is 2. The van der Waals surface area contributed by atoms with Crippen LogP contribution in [0.1, 0.15) is 31.1 Å². The third-order valence-electron chi connectivity index (χ3n) is 4.47. The van der Waals surface area contributed by atoms with Gasteiger partial charge in [0, 0.05) is 24.7 Å². The Kier molecular flexibility index (Phi) is 6.30. The fraction of sp³-hybridized carbons (Fsp3) is 0.250. The number of hydrogen-bond donors (Lipinski definition) is 2. The molecule has 0 aliphatic heterocycles. The Balaban J connectivity index is 1.85. The number of fused-ring (bicyclic) bond motifs is 1. The van der Waals surface area contributed by atoms with E-state index in [-0.39, 0.29) is 16.6 Å². The van der Waals surface area contributed by atoms with Crippen LogP contribution in [-0.2, 0) is 21.4 Å². The van der Waals surface area contributed by atoms with Gasteiger partial charge in [-0.3, -0.25) is 9.59 Å². The van der Waals surface area contributed by atoms with Crippen molar-refractivity contribution >= 4 is 50.2 Å². The van der Waals surface area contributed by atoms with Gasteiger partial charge in [0.15, 0.2) is 10.9 Å². The highest BCUT2D eigenvalue weighted by Gasteiger charge is 2.21. The lowest BCUT2D eigenvalue weighted by Crippen LogP contribution is -2.15. The van der Waals surface area contributed by atoms with Gasteiger partial charge in [-0.2, -0.15) is 0 Å². The van der Waals surface area contributed by atoms with E-state index in [1.807, 2.05) is 11.5 Å². The molecule has 158 valence electrons. The van der Waals surface area contributed by atoms with Gasteiger partial charge < -0.3 is 9.88 Å². The minimum Gasteiger partial charge on any atom is -0.326 e. The first-order valence-corrected chi connectivity index (χ1v) is 11.6. The molecule has 3 N–H and O–H groups in total. The molecule has 30 heavy (non-hydrogen) atoms. The summed E-state index contributed by atoms with van der Waals surface area (Å²) in [5.74, 6) is -0.253. The number of Topliss-reactive ketones (excluding diaryl/α,β-unsaturated/α-hetero) is 1. The Morgan fingerprint density at radius 3 is 2.43 bits per heavy atom. The fourth-order valence-electron chi connectivity index (χ4n) is 3.03. The number of primary sulfonamides is 1. The maximum absolute atomic E-state index is 12.8. The van der Waals surface area contributed by atoms with E-state index in [1.165, 1.54) is 30.8 Å². The number of aryl methyl sites for hydroxylation is 1. The molecule has 3 rings (SSSR count). The van der Waals surface area contributed by atoms with E-state index in [2.05, 4.69) is 10.3 Å². The van der Waals surface area contributed by atoms with Crippen LogP contribution in [0, 0.1) is 0 Å². The molecule has 1 aromatic heterocycles. The van der Waals surface area contributed by atoms with Gasteiger partial charge in [-0.1, -0.05) is 11.8 Å². The molecule has 0 saturated carbocycles. The largest absolute Gasteiger partial charge is 0.326 e.